The lowest BCUT2D eigenvalue weighted by molar-refractivity contribution is 0.0697. The zero-order valence-corrected chi connectivity index (χ0v) is 13.1. The fraction of sp³-hybridized carbons (Fsp3) is 0.176. The van der Waals surface area contributed by atoms with Crippen LogP contribution in [-0.4, -0.2) is 15.6 Å². The molecule has 3 rings (SSSR count). The summed E-state index contributed by atoms with van der Waals surface area (Å²) in [5.74, 6) is -0.936. The number of rotatable bonds is 3. The number of aromatic carboxylic acids is 1. The summed E-state index contributed by atoms with van der Waals surface area (Å²) in [6, 6.07) is 12.8. The highest BCUT2D eigenvalue weighted by Crippen LogP contribution is 2.27. The van der Waals surface area contributed by atoms with Crippen LogP contribution in [0.1, 0.15) is 30.2 Å². The van der Waals surface area contributed by atoms with Crippen molar-refractivity contribution >= 4 is 27.5 Å². The SMILES string of the molecule is CC(C)n1c(=O)sc2cc(-c3ccc(C(=O)O)cc3)ccc21. The molecule has 0 unspecified atom stereocenters. The van der Waals surface area contributed by atoms with Gasteiger partial charge in [-0.2, -0.15) is 0 Å². The lowest BCUT2D eigenvalue weighted by Gasteiger charge is -2.08. The van der Waals surface area contributed by atoms with E-state index in [2.05, 4.69) is 0 Å². The van der Waals surface area contributed by atoms with Gasteiger partial charge >= 0.3 is 10.8 Å². The fourth-order valence-electron chi connectivity index (χ4n) is 2.51. The summed E-state index contributed by atoms with van der Waals surface area (Å²) < 4.78 is 2.73. The Balaban J connectivity index is 2.09. The van der Waals surface area contributed by atoms with E-state index in [1.54, 1.807) is 28.8 Å². The number of thiazole rings is 1. The molecule has 0 amide bonds. The third-order valence-electron chi connectivity index (χ3n) is 3.59. The van der Waals surface area contributed by atoms with Crippen LogP contribution in [0.5, 0.6) is 0 Å². The third kappa shape index (κ3) is 2.44. The molecular formula is C17H15NO3S. The Morgan fingerprint density at radius 2 is 1.73 bits per heavy atom. The van der Waals surface area contributed by atoms with Gasteiger partial charge in [0.1, 0.15) is 0 Å². The number of aromatic nitrogens is 1. The van der Waals surface area contributed by atoms with Crippen LogP contribution >= 0.6 is 11.3 Å². The standard InChI is InChI=1S/C17H15NO3S/c1-10(2)18-14-8-7-13(9-15(14)22-17(18)21)11-3-5-12(6-4-11)16(19)20/h3-10H,1-2H3,(H,19,20). The predicted molar refractivity (Wildman–Crippen MR) is 88.9 cm³/mol. The molecule has 0 aliphatic carbocycles. The van der Waals surface area contributed by atoms with E-state index in [1.807, 2.05) is 32.0 Å². The maximum Gasteiger partial charge on any atom is 0.335 e. The van der Waals surface area contributed by atoms with E-state index in [9.17, 15) is 9.59 Å². The second-order valence-electron chi connectivity index (χ2n) is 5.40. The molecule has 0 fully saturated rings. The number of nitrogens with zero attached hydrogens (tertiary/aromatic N) is 1. The average molecular weight is 313 g/mol. The van der Waals surface area contributed by atoms with E-state index in [-0.39, 0.29) is 16.5 Å². The van der Waals surface area contributed by atoms with Crippen LogP contribution in [0.3, 0.4) is 0 Å². The smallest absolute Gasteiger partial charge is 0.335 e. The molecule has 0 aliphatic heterocycles. The molecule has 1 N–H and O–H groups in total. The Morgan fingerprint density at radius 1 is 1.09 bits per heavy atom. The highest BCUT2D eigenvalue weighted by atomic mass is 32.1. The Morgan fingerprint density at radius 3 is 2.32 bits per heavy atom. The van der Waals surface area contributed by atoms with Crippen molar-refractivity contribution < 1.29 is 9.90 Å². The van der Waals surface area contributed by atoms with E-state index in [4.69, 9.17) is 5.11 Å². The minimum atomic E-state index is -0.936. The van der Waals surface area contributed by atoms with Gasteiger partial charge in [0.05, 0.1) is 15.8 Å². The normalized spacial score (nSPS) is 11.2. The molecule has 0 atom stereocenters. The second kappa shape index (κ2) is 5.42. The van der Waals surface area contributed by atoms with Crippen molar-refractivity contribution in [3.05, 3.63) is 57.7 Å². The number of benzene rings is 2. The lowest BCUT2D eigenvalue weighted by Crippen LogP contribution is -2.14. The zero-order chi connectivity index (χ0) is 15.9. The van der Waals surface area contributed by atoms with E-state index in [0.29, 0.717) is 0 Å². The largest absolute Gasteiger partial charge is 0.478 e. The number of hydrogen-bond acceptors (Lipinski definition) is 3. The fourth-order valence-corrected chi connectivity index (χ4v) is 3.56. The molecule has 0 saturated carbocycles. The van der Waals surface area contributed by atoms with Gasteiger partial charge in [0.2, 0.25) is 0 Å². The molecule has 112 valence electrons. The molecule has 4 nitrogen and oxygen atoms in total. The number of carboxylic acid groups (broad SMARTS) is 1. The van der Waals surface area contributed by atoms with Gasteiger partial charge in [0, 0.05) is 6.04 Å². The van der Waals surface area contributed by atoms with Crippen LogP contribution in [0.15, 0.2) is 47.3 Å². The van der Waals surface area contributed by atoms with E-state index < -0.39 is 5.97 Å². The maximum absolute atomic E-state index is 12.1. The highest BCUT2D eigenvalue weighted by molar-refractivity contribution is 7.16. The number of carbonyl (C=O) groups is 1. The zero-order valence-electron chi connectivity index (χ0n) is 12.2. The summed E-state index contributed by atoms with van der Waals surface area (Å²) >= 11 is 1.24. The van der Waals surface area contributed by atoms with Gasteiger partial charge in [0.25, 0.3) is 0 Å². The topological polar surface area (TPSA) is 59.3 Å². The minimum absolute atomic E-state index is 0.0448. The molecule has 0 spiro atoms. The van der Waals surface area contributed by atoms with Gasteiger partial charge in [-0.1, -0.05) is 29.5 Å². The second-order valence-corrected chi connectivity index (χ2v) is 6.39. The number of hydrogen-bond donors (Lipinski definition) is 1. The first-order valence-corrected chi connectivity index (χ1v) is 7.78. The van der Waals surface area contributed by atoms with Gasteiger partial charge in [-0.3, -0.25) is 9.36 Å². The van der Waals surface area contributed by atoms with Crippen molar-refractivity contribution in [1.29, 1.82) is 0 Å². The predicted octanol–water partition coefficient (Wildman–Crippen LogP) is 4.01. The quantitative estimate of drug-likeness (QED) is 0.795. The Bertz CT molecular complexity index is 904. The summed E-state index contributed by atoms with van der Waals surface area (Å²) in [5, 5.41) is 8.94. The summed E-state index contributed by atoms with van der Waals surface area (Å²) in [4.78, 5) is 23.0. The van der Waals surface area contributed by atoms with Gasteiger partial charge < -0.3 is 5.11 Å². The molecular weight excluding hydrogens is 298 g/mol. The Labute approximate surface area is 131 Å². The van der Waals surface area contributed by atoms with Crippen LogP contribution in [0.2, 0.25) is 0 Å². The minimum Gasteiger partial charge on any atom is -0.478 e. The summed E-state index contributed by atoms with van der Waals surface area (Å²) in [6.45, 7) is 3.98. The highest BCUT2D eigenvalue weighted by Gasteiger charge is 2.11. The Hall–Kier alpha value is -2.40. The monoisotopic (exact) mass is 313 g/mol. The molecule has 0 aliphatic rings. The molecule has 22 heavy (non-hydrogen) atoms. The molecule has 0 bridgehead atoms. The van der Waals surface area contributed by atoms with Crippen molar-refractivity contribution in [1.82, 2.24) is 4.57 Å². The van der Waals surface area contributed by atoms with Crippen molar-refractivity contribution in [3.8, 4) is 11.1 Å². The molecule has 2 aromatic carbocycles. The average Bonchev–Trinajstić information content (AvgIpc) is 2.82. The van der Waals surface area contributed by atoms with Gasteiger partial charge in [-0.25, -0.2) is 4.79 Å². The van der Waals surface area contributed by atoms with Crippen molar-refractivity contribution in [3.63, 3.8) is 0 Å². The van der Waals surface area contributed by atoms with Gasteiger partial charge in [-0.15, -0.1) is 0 Å². The van der Waals surface area contributed by atoms with E-state index >= 15 is 0 Å². The van der Waals surface area contributed by atoms with Crippen molar-refractivity contribution in [2.45, 2.75) is 19.9 Å². The van der Waals surface area contributed by atoms with Gasteiger partial charge in [-0.05, 0) is 49.2 Å². The first kappa shape index (κ1) is 14.5. The first-order chi connectivity index (χ1) is 10.5. The summed E-state index contributed by atoms with van der Waals surface area (Å²) in [7, 11) is 0. The number of fused-ring (bicyclic) bond motifs is 1. The summed E-state index contributed by atoms with van der Waals surface area (Å²) in [6.07, 6.45) is 0. The maximum atomic E-state index is 12.1. The van der Waals surface area contributed by atoms with E-state index in [1.165, 1.54) is 11.3 Å². The molecule has 0 saturated heterocycles. The van der Waals surface area contributed by atoms with Crippen LogP contribution in [-0.2, 0) is 0 Å². The van der Waals surface area contributed by atoms with Crippen molar-refractivity contribution in [2.24, 2.45) is 0 Å². The molecule has 3 aromatic rings. The third-order valence-corrected chi connectivity index (χ3v) is 4.51. The number of carboxylic acids is 1. The summed E-state index contributed by atoms with van der Waals surface area (Å²) in [5.41, 5.74) is 3.11. The lowest BCUT2D eigenvalue weighted by atomic mass is 10.0. The first-order valence-electron chi connectivity index (χ1n) is 6.96. The molecule has 0 radical (unpaired) electrons. The van der Waals surface area contributed by atoms with E-state index in [0.717, 1.165) is 21.3 Å². The van der Waals surface area contributed by atoms with Crippen LogP contribution < -0.4 is 4.87 Å². The van der Waals surface area contributed by atoms with Crippen LogP contribution in [0.25, 0.3) is 21.3 Å². The van der Waals surface area contributed by atoms with Crippen LogP contribution in [0.4, 0.5) is 0 Å². The van der Waals surface area contributed by atoms with Gasteiger partial charge in [0.15, 0.2) is 0 Å². The molecule has 1 heterocycles. The Kier molecular flexibility index (Phi) is 3.58. The molecule has 1 aromatic heterocycles. The molecule has 5 heteroatoms. The van der Waals surface area contributed by atoms with Crippen LogP contribution in [0, 0.1) is 0 Å². The van der Waals surface area contributed by atoms with Crippen molar-refractivity contribution in [2.75, 3.05) is 0 Å².